The van der Waals surface area contributed by atoms with Crippen molar-refractivity contribution in [2.45, 2.75) is 24.8 Å². The van der Waals surface area contributed by atoms with E-state index in [9.17, 15) is 0 Å². The van der Waals surface area contributed by atoms with Crippen LogP contribution in [0.5, 0.6) is 11.5 Å². The third-order valence-electron chi connectivity index (χ3n) is 3.65. The molecule has 0 radical (unpaired) electrons. The van der Waals surface area contributed by atoms with Crippen molar-refractivity contribution in [3.63, 3.8) is 0 Å². The average Bonchev–Trinajstić information content (AvgIpc) is 3.07. The van der Waals surface area contributed by atoms with Gasteiger partial charge in [0.25, 0.3) is 5.22 Å². The van der Waals surface area contributed by atoms with Crippen LogP contribution in [0.25, 0.3) is 11.5 Å². The maximum absolute atomic E-state index is 5.78. The molecule has 3 rings (SSSR count). The van der Waals surface area contributed by atoms with E-state index in [2.05, 4.69) is 42.2 Å². The Morgan fingerprint density at radius 1 is 0.880 bits per heavy atom. The lowest BCUT2D eigenvalue weighted by Gasteiger charge is -2.05. The van der Waals surface area contributed by atoms with Crippen molar-refractivity contribution in [2.75, 3.05) is 14.2 Å². The van der Waals surface area contributed by atoms with Crippen molar-refractivity contribution in [1.29, 1.82) is 0 Å². The molecule has 1 aromatic heterocycles. The Kier molecular flexibility index (Phi) is 5.28. The first-order chi connectivity index (χ1) is 12.1. The maximum Gasteiger partial charge on any atom is 0.277 e. The Labute approximate surface area is 151 Å². The van der Waals surface area contributed by atoms with Gasteiger partial charge in [-0.25, -0.2) is 0 Å². The fourth-order valence-electron chi connectivity index (χ4n) is 2.61. The zero-order valence-corrected chi connectivity index (χ0v) is 15.5. The zero-order chi connectivity index (χ0) is 17.8. The van der Waals surface area contributed by atoms with E-state index < -0.39 is 0 Å². The van der Waals surface area contributed by atoms with Crippen molar-refractivity contribution in [3.8, 4) is 23.0 Å². The van der Waals surface area contributed by atoms with E-state index >= 15 is 0 Å². The van der Waals surface area contributed by atoms with Crippen molar-refractivity contribution in [1.82, 2.24) is 10.2 Å². The summed E-state index contributed by atoms with van der Waals surface area (Å²) < 4.78 is 16.3. The van der Waals surface area contributed by atoms with Gasteiger partial charge in [-0.05, 0) is 31.5 Å². The van der Waals surface area contributed by atoms with E-state index in [4.69, 9.17) is 13.9 Å². The molecule has 0 unspecified atom stereocenters. The van der Waals surface area contributed by atoms with Crippen molar-refractivity contribution >= 4 is 11.8 Å². The largest absolute Gasteiger partial charge is 0.497 e. The van der Waals surface area contributed by atoms with Gasteiger partial charge in [-0.3, -0.25) is 0 Å². The second-order valence-corrected chi connectivity index (χ2v) is 6.69. The molecule has 3 aromatic rings. The minimum Gasteiger partial charge on any atom is -0.497 e. The van der Waals surface area contributed by atoms with Gasteiger partial charge in [0.2, 0.25) is 5.89 Å². The molecule has 0 saturated heterocycles. The number of benzene rings is 2. The summed E-state index contributed by atoms with van der Waals surface area (Å²) in [6.45, 7) is 4.20. The van der Waals surface area contributed by atoms with Crippen LogP contribution in [0.4, 0.5) is 0 Å². The van der Waals surface area contributed by atoms with Crippen LogP contribution in [0.1, 0.15) is 16.7 Å². The number of nitrogens with zero attached hydrogens (tertiary/aromatic N) is 2. The standard InChI is InChI=1S/C19H20N2O3S/c1-12-5-13(2)7-14(6-12)11-25-19-21-20-18(24-19)15-8-16(22-3)10-17(9-15)23-4/h5-10H,11H2,1-4H3. The molecule has 0 aliphatic heterocycles. The van der Waals surface area contributed by atoms with E-state index in [1.54, 1.807) is 20.3 Å². The molecule has 0 amide bonds. The molecule has 130 valence electrons. The first kappa shape index (κ1) is 17.4. The molecule has 25 heavy (non-hydrogen) atoms. The van der Waals surface area contributed by atoms with Gasteiger partial charge in [0.1, 0.15) is 11.5 Å². The van der Waals surface area contributed by atoms with Gasteiger partial charge in [-0.1, -0.05) is 41.1 Å². The number of ether oxygens (including phenoxy) is 2. The summed E-state index contributed by atoms with van der Waals surface area (Å²) in [4.78, 5) is 0. The molecule has 0 N–H and O–H groups in total. The summed E-state index contributed by atoms with van der Waals surface area (Å²) >= 11 is 1.52. The number of rotatable bonds is 6. The van der Waals surface area contributed by atoms with Crippen molar-refractivity contribution in [2.24, 2.45) is 0 Å². The molecule has 0 atom stereocenters. The number of hydrogen-bond acceptors (Lipinski definition) is 6. The maximum atomic E-state index is 5.78. The predicted octanol–water partition coefficient (Wildman–Crippen LogP) is 4.66. The Bertz CT molecular complexity index is 834. The van der Waals surface area contributed by atoms with E-state index in [-0.39, 0.29) is 0 Å². The highest BCUT2D eigenvalue weighted by Crippen LogP contribution is 2.31. The minimum absolute atomic E-state index is 0.445. The molecule has 1 heterocycles. The van der Waals surface area contributed by atoms with Gasteiger partial charge in [-0.2, -0.15) is 0 Å². The summed E-state index contributed by atoms with van der Waals surface area (Å²) in [5.41, 5.74) is 4.52. The summed E-state index contributed by atoms with van der Waals surface area (Å²) in [6.07, 6.45) is 0. The lowest BCUT2D eigenvalue weighted by atomic mass is 10.1. The van der Waals surface area contributed by atoms with Gasteiger partial charge in [0.05, 0.1) is 14.2 Å². The van der Waals surface area contributed by atoms with Crippen LogP contribution in [0.3, 0.4) is 0 Å². The minimum atomic E-state index is 0.445. The van der Waals surface area contributed by atoms with Gasteiger partial charge in [0, 0.05) is 17.4 Å². The molecule has 0 spiro atoms. The first-order valence-corrected chi connectivity index (χ1v) is 8.83. The third-order valence-corrected chi connectivity index (χ3v) is 4.54. The highest BCUT2D eigenvalue weighted by molar-refractivity contribution is 7.98. The van der Waals surface area contributed by atoms with Crippen LogP contribution in [0, 0.1) is 13.8 Å². The van der Waals surface area contributed by atoms with Gasteiger partial charge >= 0.3 is 0 Å². The first-order valence-electron chi connectivity index (χ1n) is 7.84. The van der Waals surface area contributed by atoms with Gasteiger partial charge in [0.15, 0.2) is 0 Å². The molecular weight excluding hydrogens is 336 g/mol. The number of hydrogen-bond donors (Lipinski definition) is 0. The Balaban J connectivity index is 1.76. The molecular formula is C19H20N2O3S. The lowest BCUT2D eigenvalue weighted by Crippen LogP contribution is -1.88. The Hall–Kier alpha value is -2.47. The van der Waals surface area contributed by atoms with Gasteiger partial charge in [-0.15, -0.1) is 10.2 Å². The molecule has 0 bridgehead atoms. The van der Waals surface area contributed by atoms with E-state index in [1.807, 2.05) is 12.1 Å². The van der Waals surface area contributed by atoms with E-state index in [1.165, 1.54) is 28.5 Å². The topological polar surface area (TPSA) is 57.4 Å². The highest BCUT2D eigenvalue weighted by atomic mass is 32.2. The lowest BCUT2D eigenvalue weighted by molar-refractivity contribution is 0.394. The summed E-state index contributed by atoms with van der Waals surface area (Å²) in [5.74, 6) is 2.58. The van der Waals surface area contributed by atoms with Crippen LogP contribution >= 0.6 is 11.8 Å². The number of thioether (sulfide) groups is 1. The predicted molar refractivity (Wildman–Crippen MR) is 98.3 cm³/mol. The van der Waals surface area contributed by atoms with Crippen LogP contribution in [-0.2, 0) is 5.75 Å². The van der Waals surface area contributed by atoms with E-state index in [0.29, 0.717) is 22.6 Å². The SMILES string of the molecule is COc1cc(OC)cc(-c2nnc(SCc3cc(C)cc(C)c3)o2)c1. The average molecular weight is 356 g/mol. The number of aromatic nitrogens is 2. The molecule has 2 aromatic carbocycles. The monoisotopic (exact) mass is 356 g/mol. The van der Waals surface area contributed by atoms with Crippen LogP contribution < -0.4 is 9.47 Å². The van der Waals surface area contributed by atoms with Crippen molar-refractivity contribution < 1.29 is 13.9 Å². The smallest absolute Gasteiger partial charge is 0.277 e. The second kappa shape index (κ2) is 7.61. The fourth-order valence-corrected chi connectivity index (χ4v) is 3.31. The van der Waals surface area contributed by atoms with Crippen LogP contribution in [-0.4, -0.2) is 24.4 Å². The molecule has 0 fully saturated rings. The zero-order valence-electron chi connectivity index (χ0n) is 14.7. The molecule has 0 aliphatic rings. The fraction of sp³-hybridized carbons (Fsp3) is 0.263. The molecule has 5 nitrogen and oxygen atoms in total. The quantitative estimate of drug-likeness (QED) is 0.599. The summed E-state index contributed by atoms with van der Waals surface area (Å²) in [6, 6.07) is 12.0. The third kappa shape index (κ3) is 4.33. The molecule has 0 saturated carbocycles. The van der Waals surface area contributed by atoms with Crippen LogP contribution in [0.15, 0.2) is 46.0 Å². The Morgan fingerprint density at radius 2 is 1.52 bits per heavy atom. The van der Waals surface area contributed by atoms with Gasteiger partial charge < -0.3 is 13.9 Å². The molecule has 0 aliphatic carbocycles. The van der Waals surface area contributed by atoms with E-state index in [0.717, 1.165) is 11.3 Å². The van der Waals surface area contributed by atoms with Crippen LogP contribution in [0.2, 0.25) is 0 Å². The van der Waals surface area contributed by atoms with Crippen molar-refractivity contribution in [3.05, 3.63) is 53.1 Å². The highest BCUT2D eigenvalue weighted by Gasteiger charge is 2.12. The second-order valence-electron chi connectivity index (χ2n) is 5.76. The molecule has 6 heteroatoms. The normalized spacial score (nSPS) is 10.7. The summed E-state index contributed by atoms with van der Waals surface area (Å²) in [5, 5.41) is 8.80. The Morgan fingerprint density at radius 3 is 2.12 bits per heavy atom. The summed E-state index contributed by atoms with van der Waals surface area (Å²) in [7, 11) is 3.22. The number of aryl methyl sites for hydroxylation is 2. The number of methoxy groups -OCH3 is 2.